The van der Waals surface area contributed by atoms with E-state index in [4.69, 9.17) is 10.2 Å². The Morgan fingerprint density at radius 1 is 1.07 bits per heavy atom. The van der Waals surface area contributed by atoms with Crippen molar-refractivity contribution in [3.63, 3.8) is 0 Å². The molecule has 2 aliphatic rings. The molecule has 0 heterocycles. The number of aliphatic hydroxyl groups excluding tert-OH is 2. The van der Waals surface area contributed by atoms with Crippen LogP contribution in [0.4, 0.5) is 0 Å². The molecule has 0 radical (unpaired) electrons. The van der Waals surface area contributed by atoms with Crippen molar-refractivity contribution in [3.05, 3.63) is 11.6 Å². The van der Waals surface area contributed by atoms with Crippen molar-refractivity contribution in [1.29, 1.82) is 0 Å². The highest BCUT2D eigenvalue weighted by Crippen LogP contribution is 2.40. The van der Waals surface area contributed by atoms with Crippen molar-refractivity contribution in [2.24, 2.45) is 17.8 Å². The van der Waals surface area contributed by atoms with Crippen molar-refractivity contribution in [1.82, 2.24) is 0 Å². The normalized spacial score (nSPS) is 37.6. The van der Waals surface area contributed by atoms with Crippen LogP contribution in [-0.4, -0.2) is 23.4 Å². The monoisotopic (exact) mass is 196 g/mol. The van der Waals surface area contributed by atoms with E-state index in [-0.39, 0.29) is 0 Å². The van der Waals surface area contributed by atoms with Crippen LogP contribution in [0.3, 0.4) is 0 Å². The van der Waals surface area contributed by atoms with Crippen molar-refractivity contribution in [2.45, 2.75) is 32.1 Å². The third kappa shape index (κ3) is 2.01. The first kappa shape index (κ1) is 10.2. The molecular formula is C12H20O2. The lowest BCUT2D eigenvalue weighted by Crippen LogP contribution is -2.24. The highest BCUT2D eigenvalue weighted by Gasteiger charge is 2.28. The molecule has 0 aromatic carbocycles. The molecule has 2 aliphatic carbocycles. The van der Waals surface area contributed by atoms with E-state index < -0.39 is 0 Å². The van der Waals surface area contributed by atoms with Gasteiger partial charge in [0.15, 0.2) is 0 Å². The highest BCUT2D eigenvalue weighted by atomic mass is 16.3. The standard InChI is InChI=1S/C12H20O2/c13-7-9-1-3-11-4-2-10(8-14)6-12(11)5-9/h5,9-11,13-14H,1-4,6-8H2. The summed E-state index contributed by atoms with van der Waals surface area (Å²) in [5.74, 6) is 1.63. The molecular weight excluding hydrogens is 176 g/mol. The number of hydrogen-bond acceptors (Lipinski definition) is 2. The molecule has 0 bridgehead atoms. The highest BCUT2D eigenvalue weighted by molar-refractivity contribution is 5.15. The first-order valence-corrected chi connectivity index (χ1v) is 5.75. The van der Waals surface area contributed by atoms with Crippen molar-refractivity contribution in [3.8, 4) is 0 Å². The van der Waals surface area contributed by atoms with Crippen LogP contribution < -0.4 is 0 Å². The first-order valence-electron chi connectivity index (χ1n) is 5.75. The zero-order chi connectivity index (χ0) is 9.97. The molecule has 80 valence electrons. The maximum Gasteiger partial charge on any atom is 0.0493 e. The Morgan fingerprint density at radius 3 is 2.57 bits per heavy atom. The summed E-state index contributed by atoms with van der Waals surface area (Å²) in [4.78, 5) is 0. The summed E-state index contributed by atoms with van der Waals surface area (Å²) in [7, 11) is 0. The molecule has 1 fully saturated rings. The van der Waals surface area contributed by atoms with Gasteiger partial charge in [0.1, 0.15) is 0 Å². The number of hydrogen-bond donors (Lipinski definition) is 2. The maximum absolute atomic E-state index is 9.13. The maximum atomic E-state index is 9.13. The summed E-state index contributed by atoms with van der Waals surface area (Å²) in [5.41, 5.74) is 1.51. The Hall–Kier alpha value is -0.340. The van der Waals surface area contributed by atoms with E-state index in [2.05, 4.69) is 6.08 Å². The molecule has 2 N–H and O–H groups in total. The minimum Gasteiger partial charge on any atom is -0.396 e. The van der Waals surface area contributed by atoms with Gasteiger partial charge in [0.05, 0.1) is 0 Å². The van der Waals surface area contributed by atoms with Crippen molar-refractivity contribution < 1.29 is 10.2 Å². The molecule has 0 aromatic rings. The van der Waals surface area contributed by atoms with E-state index in [0.717, 1.165) is 18.8 Å². The average molecular weight is 196 g/mol. The molecule has 0 spiro atoms. The second-order valence-electron chi connectivity index (χ2n) is 4.79. The van der Waals surface area contributed by atoms with E-state index in [1.807, 2.05) is 0 Å². The van der Waals surface area contributed by atoms with Crippen molar-refractivity contribution >= 4 is 0 Å². The van der Waals surface area contributed by atoms with Crippen LogP contribution in [0.2, 0.25) is 0 Å². The van der Waals surface area contributed by atoms with Gasteiger partial charge in [-0.05, 0) is 43.9 Å². The summed E-state index contributed by atoms with van der Waals surface area (Å²) in [6.45, 7) is 0.619. The lowest BCUT2D eigenvalue weighted by atomic mass is 9.71. The molecule has 0 saturated heterocycles. The Balaban J connectivity index is 2.04. The zero-order valence-corrected chi connectivity index (χ0v) is 8.65. The fraction of sp³-hybridized carbons (Fsp3) is 0.833. The molecule has 0 aliphatic heterocycles. The van der Waals surface area contributed by atoms with Crippen LogP contribution in [0.25, 0.3) is 0 Å². The predicted octanol–water partition coefficient (Wildman–Crippen LogP) is 1.72. The van der Waals surface area contributed by atoms with Gasteiger partial charge in [-0.2, -0.15) is 0 Å². The minimum absolute atomic E-state index is 0.292. The zero-order valence-electron chi connectivity index (χ0n) is 8.65. The number of allylic oxidation sites excluding steroid dienone is 1. The Bertz CT molecular complexity index is 222. The van der Waals surface area contributed by atoms with Gasteiger partial charge in [-0.1, -0.05) is 11.6 Å². The van der Waals surface area contributed by atoms with Crippen LogP contribution in [0, 0.1) is 17.8 Å². The van der Waals surface area contributed by atoms with E-state index in [9.17, 15) is 0 Å². The van der Waals surface area contributed by atoms with Crippen LogP contribution in [0.5, 0.6) is 0 Å². The number of rotatable bonds is 2. The number of fused-ring (bicyclic) bond motifs is 1. The van der Waals surface area contributed by atoms with E-state index in [1.165, 1.54) is 24.8 Å². The molecule has 14 heavy (non-hydrogen) atoms. The fourth-order valence-electron chi connectivity index (χ4n) is 2.86. The molecule has 1 saturated carbocycles. The van der Waals surface area contributed by atoms with Gasteiger partial charge in [-0.3, -0.25) is 0 Å². The Kier molecular flexibility index (Phi) is 3.24. The predicted molar refractivity (Wildman–Crippen MR) is 55.8 cm³/mol. The minimum atomic E-state index is 0.292. The molecule has 0 aromatic heterocycles. The Morgan fingerprint density at radius 2 is 1.86 bits per heavy atom. The second-order valence-corrected chi connectivity index (χ2v) is 4.79. The molecule has 3 unspecified atom stereocenters. The third-order valence-corrected chi connectivity index (χ3v) is 3.80. The SMILES string of the molecule is OCC1C=C2CC(CO)CCC2CC1. The largest absolute Gasteiger partial charge is 0.396 e. The van der Waals surface area contributed by atoms with E-state index in [0.29, 0.717) is 25.0 Å². The Labute approximate surface area is 85.6 Å². The van der Waals surface area contributed by atoms with Gasteiger partial charge >= 0.3 is 0 Å². The molecule has 2 heteroatoms. The summed E-state index contributed by atoms with van der Waals surface area (Å²) in [6.07, 6.45) is 8.16. The smallest absolute Gasteiger partial charge is 0.0493 e. The molecule has 3 atom stereocenters. The fourth-order valence-corrected chi connectivity index (χ4v) is 2.86. The van der Waals surface area contributed by atoms with Gasteiger partial charge in [0, 0.05) is 19.1 Å². The van der Waals surface area contributed by atoms with Crippen LogP contribution >= 0.6 is 0 Å². The lowest BCUT2D eigenvalue weighted by Gasteiger charge is -2.35. The quantitative estimate of drug-likeness (QED) is 0.660. The molecule has 2 nitrogen and oxygen atoms in total. The van der Waals surface area contributed by atoms with Gasteiger partial charge in [0.25, 0.3) is 0 Å². The summed E-state index contributed by atoms with van der Waals surface area (Å²) < 4.78 is 0. The van der Waals surface area contributed by atoms with Gasteiger partial charge in [-0.15, -0.1) is 0 Å². The molecule has 0 amide bonds. The third-order valence-electron chi connectivity index (χ3n) is 3.80. The van der Waals surface area contributed by atoms with Gasteiger partial charge in [0.2, 0.25) is 0 Å². The first-order chi connectivity index (χ1) is 6.83. The van der Waals surface area contributed by atoms with Crippen LogP contribution in [0.15, 0.2) is 11.6 Å². The van der Waals surface area contributed by atoms with Crippen LogP contribution in [0.1, 0.15) is 32.1 Å². The van der Waals surface area contributed by atoms with Gasteiger partial charge < -0.3 is 10.2 Å². The van der Waals surface area contributed by atoms with Crippen molar-refractivity contribution in [2.75, 3.05) is 13.2 Å². The summed E-state index contributed by atoms with van der Waals surface area (Å²) in [5, 5.41) is 18.2. The average Bonchev–Trinajstić information content (AvgIpc) is 2.27. The second kappa shape index (κ2) is 4.45. The van der Waals surface area contributed by atoms with Gasteiger partial charge in [-0.25, -0.2) is 0 Å². The van der Waals surface area contributed by atoms with Crippen LogP contribution in [-0.2, 0) is 0 Å². The lowest BCUT2D eigenvalue weighted by molar-refractivity contribution is 0.178. The van der Waals surface area contributed by atoms with E-state index >= 15 is 0 Å². The number of aliphatic hydroxyl groups is 2. The summed E-state index contributed by atoms with van der Waals surface area (Å²) in [6, 6.07) is 0. The molecule has 2 rings (SSSR count). The van der Waals surface area contributed by atoms with E-state index in [1.54, 1.807) is 0 Å². The summed E-state index contributed by atoms with van der Waals surface area (Å²) >= 11 is 0. The topological polar surface area (TPSA) is 40.5 Å².